The molecule has 0 unspecified atom stereocenters. The van der Waals surface area contributed by atoms with E-state index in [0.717, 1.165) is 34.8 Å². The third-order valence-corrected chi connectivity index (χ3v) is 4.71. The van der Waals surface area contributed by atoms with Gasteiger partial charge in [0.05, 0.1) is 6.61 Å². The van der Waals surface area contributed by atoms with Gasteiger partial charge in [0.25, 0.3) is 0 Å². The minimum absolute atomic E-state index is 0.0275. The first-order valence-electron chi connectivity index (χ1n) is 8.82. The Balaban J connectivity index is 1.69. The van der Waals surface area contributed by atoms with Crippen LogP contribution in [0.2, 0.25) is 0 Å². The third kappa shape index (κ3) is 3.39. The van der Waals surface area contributed by atoms with Gasteiger partial charge in [-0.05, 0) is 23.6 Å². The summed E-state index contributed by atoms with van der Waals surface area (Å²) in [4.78, 5) is 18.9. The Bertz CT molecular complexity index is 1070. The molecule has 2 heterocycles. The van der Waals surface area contributed by atoms with Gasteiger partial charge in [-0.2, -0.15) is 0 Å². The highest BCUT2D eigenvalue weighted by molar-refractivity contribution is 5.85. The normalized spacial score (nSPS) is 11.1. The van der Waals surface area contributed by atoms with E-state index in [4.69, 9.17) is 0 Å². The number of hydrogen-bond acceptors (Lipinski definition) is 5. The van der Waals surface area contributed by atoms with Crippen LogP contribution in [-0.4, -0.2) is 32.1 Å². The molecule has 0 aliphatic rings. The lowest BCUT2D eigenvalue weighted by molar-refractivity contribution is 0.282. The van der Waals surface area contributed by atoms with Crippen molar-refractivity contribution >= 4 is 17.0 Å². The Kier molecular flexibility index (Phi) is 4.56. The van der Waals surface area contributed by atoms with Gasteiger partial charge in [-0.25, -0.2) is 15.0 Å². The van der Waals surface area contributed by atoms with Crippen molar-refractivity contribution in [3.63, 3.8) is 0 Å². The molecule has 0 bridgehead atoms. The molecule has 4 aromatic rings. The number of benzene rings is 2. The van der Waals surface area contributed by atoms with Gasteiger partial charge >= 0.3 is 0 Å². The van der Waals surface area contributed by atoms with E-state index in [-0.39, 0.29) is 6.61 Å². The molecule has 0 fully saturated rings. The van der Waals surface area contributed by atoms with Crippen LogP contribution in [0.25, 0.3) is 22.6 Å². The number of H-pyrrole nitrogens is 1. The summed E-state index contributed by atoms with van der Waals surface area (Å²) in [5.41, 5.74) is 5.77. The summed E-state index contributed by atoms with van der Waals surface area (Å²) in [6.45, 7) is 2.89. The van der Waals surface area contributed by atoms with Gasteiger partial charge in [0, 0.05) is 19.2 Å². The lowest BCUT2D eigenvalue weighted by atomic mass is 10.1. The van der Waals surface area contributed by atoms with Crippen molar-refractivity contribution in [2.24, 2.45) is 0 Å². The van der Waals surface area contributed by atoms with Crippen LogP contribution in [0.4, 0.5) is 5.82 Å². The predicted octanol–water partition coefficient (Wildman–Crippen LogP) is 3.46. The highest BCUT2D eigenvalue weighted by Gasteiger charge is 2.15. The molecule has 27 heavy (non-hydrogen) atoms. The number of aliphatic hydroxyl groups excluding tert-OH is 1. The monoisotopic (exact) mass is 359 g/mol. The van der Waals surface area contributed by atoms with Crippen molar-refractivity contribution in [3.05, 3.63) is 71.5 Å². The minimum Gasteiger partial charge on any atom is -0.392 e. The van der Waals surface area contributed by atoms with E-state index in [2.05, 4.69) is 50.0 Å². The molecule has 4 rings (SSSR count). The number of aryl methyl sites for hydroxylation is 1. The van der Waals surface area contributed by atoms with Crippen LogP contribution >= 0.6 is 0 Å². The van der Waals surface area contributed by atoms with Crippen molar-refractivity contribution in [3.8, 4) is 11.4 Å². The zero-order chi connectivity index (χ0) is 18.8. The van der Waals surface area contributed by atoms with Gasteiger partial charge in [0.1, 0.15) is 17.7 Å². The number of anilines is 1. The molecule has 0 saturated carbocycles. The maximum Gasteiger partial charge on any atom is 0.183 e. The highest BCUT2D eigenvalue weighted by atomic mass is 16.3. The van der Waals surface area contributed by atoms with Crippen LogP contribution in [0.5, 0.6) is 0 Å². The van der Waals surface area contributed by atoms with E-state index in [1.807, 2.05) is 37.4 Å². The van der Waals surface area contributed by atoms with Crippen LogP contribution in [0.3, 0.4) is 0 Å². The minimum atomic E-state index is 0.0275. The van der Waals surface area contributed by atoms with Crippen LogP contribution in [-0.2, 0) is 13.2 Å². The van der Waals surface area contributed by atoms with Gasteiger partial charge in [0.2, 0.25) is 0 Å². The molecule has 0 amide bonds. The zero-order valence-electron chi connectivity index (χ0n) is 15.3. The number of imidazole rings is 1. The molecule has 6 heteroatoms. The average Bonchev–Trinajstić information content (AvgIpc) is 3.14. The van der Waals surface area contributed by atoms with Gasteiger partial charge < -0.3 is 15.0 Å². The fourth-order valence-electron chi connectivity index (χ4n) is 3.13. The smallest absolute Gasteiger partial charge is 0.183 e. The predicted molar refractivity (Wildman–Crippen MR) is 106 cm³/mol. The summed E-state index contributed by atoms with van der Waals surface area (Å²) < 4.78 is 0. The molecule has 6 nitrogen and oxygen atoms in total. The molecule has 2 aromatic carbocycles. The quantitative estimate of drug-likeness (QED) is 0.571. The summed E-state index contributed by atoms with van der Waals surface area (Å²) >= 11 is 0. The molecule has 0 saturated heterocycles. The van der Waals surface area contributed by atoms with E-state index in [0.29, 0.717) is 5.65 Å². The van der Waals surface area contributed by atoms with Crippen molar-refractivity contribution in [1.82, 2.24) is 19.9 Å². The fourth-order valence-corrected chi connectivity index (χ4v) is 3.13. The number of aliphatic hydroxyl groups is 1. The molecule has 0 aliphatic carbocycles. The van der Waals surface area contributed by atoms with Gasteiger partial charge in [-0.15, -0.1) is 0 Å². The van der Waals surface area contributed by atoms with Crippen molar-refractivity contribution in [1.29, 1.82) is 0 Å². The van der Waals surface area contributed by atoms with E-state index in [1.54, 1.807) is 6.33 Å². The SMILES string of the molecule is Cc1ccccc1CN(C)c1ncnc2nc(-c3ccc(CO)cc3)[nH]c12. The second kappa shape index (κ2) is 7.17. The van der Waals surface area contributed by atoms with E-state index < -0.39 is 0 Å². The first-order valence-corrected chi connectivity index (χ1v) is 8.82. The van der Waals surface area contributed by atoms with Crippen LogP contribution in [0.1, 0.15) is 16.7 Å². The molecule has 136 valence electrons. The number of aromatic nitrogens is 4. The van der Waals surface area contributed by atoms with E-state index >= 15 is 0 Å². The molecule has 0 atom stereocenters. The molecule has 0 spiro atoms. The number of fused-ring (bicyclic) bond motifs is 1. The second-order valence-electron chi connectivity index (χ2n) is 6.62. The number of nitrogens with zero attached hydrogens (tertiary/aromatic N) is 4. The molecule has 0 aliphatic heterocycles. The van der Waals surface area contributed by atoms with Crippen LogP contribution < -0.4 is 4.90 Å². The average molecular weight is 359 g/mol. The lowest BCUT2D eigenvalue weighted by Gasteiger charge is -2.19. The third-order valence-electron chi connectivity index (χ3n) is 4.71. The second-order valence-corrected chi connectivity index (χ2v) is 6.62. The summed E-state index contributed by atoms with van der Waals surface area (Å²) in [7, 11) is 2.02. The highest BCUT2D eigenvalue weighted by Crippen LogP contribution is 2.26. The van der Waals surface area contributed by atoms with Gasteiger partial charge in [-0.3, -0.25) is 0 Å². The summed E-state index contributed by atoms with van der Waals surface area (Å²) in [5, 5.41) is 9.20. The molecular weight excluding hydrogens is 338 g/mol. The summed E-state index contributed by atoms with van der Waals surface area (Å²) in [6.07, 6.45) is 1.55. The largest absolute Gasteiger partial charge is 0.392 e. The number of rotatable bonds is 5. The Hall–Kier alpha value is -3.25. The Labute approximate surface area is 157 Å². The fraction of sp³-hybridized carbons (Fsp3) is 0.190. The number of hydrogen-bond donors (Lipinski definition) is 2. The van der Waals surface area contributed by atoms with Gasteiger partial charge in [-0.1, -0.05) is 48.5 Å². The number of aromatic amines is 1. The van der Waals surface area contributed by atoms with Crippen molar-refractivity contribution in [2.45, 2.75) is 20.1 Å². The number of nitrogens with one attached hydrogen (secondary N) is 1. The topological polar surface area (TPSA) is 77.9 Å². The zero-order valence-corrected chi connectivity index (χ0v) is 15.3. The van der Waals surface area contributed by atoms with Gasteiger partial charge in [0.15, 0.2) is 11.5 Å². The first-order chi connectivity index (χ1) is 13.2. The molecule has 2 N–H and O–H groups in total. The lowest BCUT2D eigenvalue weighted by Crippen LogP contribution is -2.18. The van der Waals surface area contributed by atoms with Crippen molar-refractivity contribution in [2.75, 3.05) is 11.9 Å². The summed E-state index contributed by atoms with van der Waals surface area (Å²) in [6, 6.07) is 16.0. The maximum absolute atomic E-state index is 9.20. The Morgan fingerprint density at radius 3 is 2.56 bits per heavy atom. The van der Waals surface area contributed by atoms with E-state index in [1.165, 1.54) is 11.1 Å². The Morgan fingerprint density at radius 2 is 1.81 bits per heavy atom. The van der Waals surface area contributed by atoms with Crippen LogP contribution in [0.15, 0.2) is 54.9 Å². The first kappa shape index (κ1) is 17.2. The van der Waals surface area contributed by atoms with Crippen molar-refractivity contribution < 1.29 is 5.11 Å². The molecule has 2 aromatic heterocycles. The van der Waals surface area contributed by atoms with E-state index in [9.17, 15) is 5.11 Å². The molecule has 0 radical (unpaired) electrons. The maximum atomic E-state index is 9.20. The Morgan fingerprint density at radius 1 is 1.04 bits per heavy atom. The van der Waals surface area contributed by atoms with Crippen LogP contribution in [0, 0.1) is 6.92 Å². The summed E-state index contributed by atoms with van der Waals surface area (Å²) in [5.74, 6) is 1.55. The molecular formula is C21H21N5O. The standard InChI is InChI=1S/C21H21N5O/c1-14-5-3-4-6-17(14)11-26(2)21-18-20(22-13-23-21)25-19(24-18)16-9-7-15(12-27)8-10-16/h3-10,13,27H,11-12H2,1-2H3,(H,22,23,24,25).